The molecule has 3 aromatic rings. The van der Waals surface area contributed by atoms with Crippen molar-refractivity contribution in [2.75, 3.05) is 0 Å². The molecule has 0 radical (unpaired) electrons. The van der Waals surface area contributed by atoms with E-state index in [0.717, 1.165) is 4.70 Å². The summed E-state index contributed by atoms with van der Waals surface area (Å²) in [5, 5.41) is 2.57. The zero-order chi connectivity index (χ0) is 14.1. The highest BCUT2D eigenvalue weighted by Crippen LogP contribution is 2.17. The molecule has 3 rings (SSSR count). The lowest BCUT2D eigenvalue weighted by molar-refractivity contribution is 0.0924. The van der Waals surface area contributed by atoms with Crippen molar-refractivity contribution in [3.05, 3.63) is 57.7 Å². The minimum Gasteiger partial charge on any atom is -0.454 e. The third-order valence-corrected chi connectivity index (χ3v) is 3.82. The lowest BCUT2D eigenvalue weighted by Crippen LogP contribution is -2.29. The molecule has 0 aliphatic carbocycles. The zero-order valence-corrected chi connectivity index (χ0v) is 11.1. The Morgan fingerprint density at radius 3 is 3.00 bits per heavy atom. The van der Waals surface area contributed by atoms with Crippen molar-refractivity contribution in [2.45, 2.75) is 6.54 Å². The van der Waals surface area contributed by atoms with Gasteiger partial charge in [0.05, 0.1) is 11.9 Å². The molecule has 3 aromatic heterocycles. The second kappa shape index (κ2) is 4.95. The fraction of sp³-hybridized carbons (Fsp3) is 0.0769. The van der Waals surface area contributed by atoms with Gasteiger partial charge in [-0.25, -0.2) is 5.84 Å². The van der Waals surface area contributed by atoms with E-state index < -0.39 is 5.91 Å². The number of amides is 1. The van der Waals surface area contributed by atoms with Gasteiger partial charge in [0.25, 0.3) is 5.56 Å². The van der Waals surface area contributed by atoms with Crippen molar-refractivity contribution in [1.82, 2.24) is 9.99 Å². The van der Waals surface area contributed by atoms with E-state index in [1.54, 1.807) is 18.3 Å². The van der Waals surface area contributed by atoms with Gasteiger partial charge >= 0.3 is 5.91 Å². The summed E-state index contributed by atoms with van der Waals surface area (Å²) >= 11 is 1.52. The molecular formula is C13H11N3O3S. The molecule has 3 N–H and O–H groups in total. The van der Waals surface area contributed by atoms with Gasteiger partial charge in [-0.15, -0.1) is 11.3 Å². The molecule has 0 spiro atoms. The third kappa shape index (κ3) is 2.13. The number of thiophene rings is 1. The lowest BCUT2D eigenvalue weighted by Gasteiger charge is -2.03. The number of carbonyl (C=O) groups is 1. The normalized spacial score (nSPS) is 10.8. The minimum atomic E-state index is -0.503. The number of nitrogen functional groups attached to an aromatic ring is 1. The molecule has 20 heavy (non-hydrogen) atoms. The number of nitrogens with one attached hydrogen (secondary N) is 1. The molecule has 0 atom stereocenters. The van der Waals surface area contributed by atoms with E-state index in [-0.39, 0.29) is 17.9 Å². The smallest absolute Gasteiger partial charge is 0.300 e. The Balaban J connectivity index is 1.93. The van der Waals surface area contributed by atoms with E-state index in [2.05, 4.69) is 0 Å². The number of furan rings is 1. The number of hydrogen-bond acceptors (Lipinski definition) is 5. The molecule has 0 saturated carbocycles. The maximum atomic E-state index is 12.2. The van der Waals surface area contributed by atoms with Gasteiger partial charge in [0.15, 0.2) is 5.76 Å². The molecule has 7 heteroatoms. The zero-order valence-electron chi connectivity index (χ0n) is 10.3. The fourth-order valence-electron chi connectivity index (χ4n) is 1.96. The summed E-state index contributed by atoms with van der Waals surface area (Å²) in [7, 11) is 0. The maximum absolute atomic E-state index is 12.2. The first-order valence-electron chi connectivity index (χ1n) is 5.85. The second-order valence-electron chi connectivity index (χ2n) is 4.19. The number of rotatable bonds is 3. The standard InChI is InChI=1S/C13H11N3O3S/c14-15-12(17)10-2-1-8(19-10)7-16-5-3-11-9(13(16)18)4-6-20-11/h1-6H,7,14H2,(H,15,17). The molecule has 3 heterocycles. The van der Waals surface area contributed by atoms with Crippen LogP contribution in [0, 0.1) is 0 Å². The summed E-state index contributed by atoms with van der Waals surface area (Å²) in [4.78, 5) is 23.5. The molecular weight excluding hydrogens is 278 g/mol. The van der Waals surface area contributed by atoms with Crippen molar-refractivity contribution in [2.24, 2.45) is 5.84 Å². The second-order valence-corrected chi connectivity index (χ2v) is 5.13. The van der Waals surface area contributed by atoms with Crippen LogP contribution >= 0.6 is 11.3 Å². The molecule has 0 saturated heterocycles. The number of hydrazine groups is 1. The number of carbonyl (C=O) groups excluding carboxylic acids is 1. The molecule has 0 aliphatic heterocycles. The van der Waals surface area contributed by atoms with Gasteiger partial charge in [0.2, 0.25) is 0 Å². The SMILES string of the molecule is NNC(=O)c1ccc(Cn2ccc3sccc3c2=O)o1. The van der Waals surface area contributed by atoms with Crippen LogP contribution in [0.5, 0.6) is 0 Å². The van der Waals surface area contributed by atoms with E-state index in [4.69, 9.17) is 10.3 Å². The number of aromatic nitrogens is 1. The number of nitrogens with two attached hydrogens (primary N) is 1. The number of hydrogen-bond donors (Lipinski definition) is 2. The predicted octanol–water partition coefficient (Wildman–Crippen LogP) is 1.31. The van der Waals surface area contributed by atoms with Gasteiger partial charge in [0.1, 0.15) is 5.76 Å². The van der Waals surface area contributed by atoms with Gasteiger partial charge in [-0.3, -0.25) is 15.0 Å². The Kier molecular flexibility index (Phi) is 3.13. The molecule has 0 aromatic carbocycles. The monoisotopic (exact) mass is 289 g/mol. The summed E-state index contributed by atoms with van der Waals surface area (Å²) in [5.41, 5.74) is 1.91. The molecule has 0 fully saturated rings. The summed E-state index contributed by atoms with van der Waals surface area (Å²) in [6, 6.07) is 6.85. The van der Waals surface area contributed by atoms with Crippen LogP contribution in [0.3, 0.4) is 0 Å². The third-order valence-electron chi connectivity index (χ3n) is 2.94. The average molecular weight is 289 g/mol. The first-order valence-corrected chi connectivity index (χ1v) is 6.73. The Morgan fingerprint density at radius 2 is 2.20 bits per heavy atom. The molecule has 6 nitrogen and oxygen atoms in total. The summed E-state index contributed by atoms with van der Waals surface area (Å²) in [6.45, 7) is 0.266. The van der Waals surface area contributed by atoms with Gasteiger partial charge in [-0.1, -0.05) is 0 Å². The van der Waals surface area contributed by atoms with Crippen LogP contribution in [0.4, 0.5) is 0 Å². The number of fused-ring (bicyclic) bond motifs is 1. The highest BCUT2D eigenvalue weighted by Gasteiger charge is 2.11. The Hall–Kier alpha value is -2.38. The Morgan fingerprint density at radius 1 is 1.35 bits per heavy atom. The van der Waals surface area contributed by atoms with E-state index in [0.29, 0.717) is 11.1 Å². The minimum absolute atomic E-state index is 0.0787. The van der Waals surface area contributed by atoms with Crippen LogP contribution in [0.25, 0.3) is 10.1 Å². The van der Waals surface area contributed by atoms with E-state index in [9.17, 15) is 9.59 Å². The van der Waals surface area contributed by atoms with Crippen LogP contribution in [0.15, 0.2) is 45.1 Å². The Bertz CT molecular complexity index is 831. The van der Waals surface area contributed by atoms with Gasteiger partial charge in [0, 0.05) is 10.9 Å². The average Bonchev–Trinajstić information content (AvgIpc) is 3.10. The summed E-state index contributed by atoms with van der Waals surface area (Å²) in [5.74, 6) is 5.16. The quantitative estimate of drug-likeness (QED) is 0.432. The largest absolute Gasteiger partial charge is 0.454 e. The highest BCUT2D eigenvalue weighted by molar-refractivity contribution is 7.17. The van der Waals surface area contributed by atoms with Crippen molar-refractivity contribution in [3.63, 3.8) is 0 Å². The predicted molar refractivity (Wildman–Crippen MR) is 75.5 cm³/mol. The number of pyridine rings is 1. The first-order chi connectivity index (χ1) is 9.69. The van der Waals surface area contributed by atoms with E-state index in [1.165, 1.54) is 22.0 Å². The van der Waals surface area contributed by atoms with Crippen molar-refractivity contribution in [3.8, 4) is 0 Å². The van der Waals surface area contributed by atoms with Crippen LogP contribution < -0.4 is 16.8 Å². The van der Waals surface area contributed by atoms with Crippen LogP contribution in [0.2, 0.25) is 0 Å². The molecule has 102 valence electrons. The van der Waals surface area contributed by atoms with Gasteiger partial charge < -0.3 is 8.98 Å². The lowest BCUT2D eigenvalue weighted by atomic mass is 10.3. The highest BCUT2D eigenvalue weighted by atomic mass is 32.1. The molecule has 0 bridgehead atoms. The molecule has 1 amide bonds. The van der Waals surface area contributed by atoms with Gasteiger partial charge in [-0.2, -0.15) is 0 Å². The fourth-order valence-corrected chi connectivity index (χ4v) is 2.73. The Labute approximate surface area is 117 Å². The van der Waals surface area contributed by atoms with Crippen molar-refractivity contribution < 1.29 is 9.21 Å². The summed E-state index contributed by atoms with van der Waals surface area (Å²) < 4.78 is 7.83. The summed E-state index contributed by atoms with van der Waals surface area (Å²) in [6.07, 6.45) is 1.71. The molecule has 0 unspecified atom stereocenters. The maximum Gasteiger partial charge on any atom is 0.300 e. The topological polar surface area (TPSA) is 90.3 Å². The van der Waals surface area contributed by atoms with Crippen molar-refractivity contribution >= 4 is 27.3 Å². The first kappa shape index (κ1) is 12.6. The van der Waals surface area contributed by atoms with E-state index >= 15 is 0 Å². The van der Waals surface area contributed by atoms with Crippen molar-refractivity contribution in [1.29, 1.82) is 0 Å². The van der Waals surface area contributed by atoms with Crippen LogP contribution in [-0.2, 0) is 6.54 Å². The van der Waals surface area contributed by atoms with Gasteiger partial charge in [-0.05, 0) is 29.6 Å². The van der Waals surface area contributed by atoms with E-state index in [1.807, 2.05) is 16.9 Å². The van der Waals surface area contributed by atoms with Crippen LogP contribution in [0.1, 0.15) is 16.3 Å². The number of nitrogens with zero attached hydrogens (tertiary/aromatic N) is 1. The molecule has 0 aliphatic rings. The van der Waals surface area contributed by atoms with Crippen LogP contribution in [-0.4, -0.2) is 10.5 Å².